The Morgan fingerprint density at radius 3 is 1.58 bits per heavy atom. The van der Waals surface area contributed by atoms with E-state index >= 15 is 0 Å². The number of halogens is 2. The van der Waals surface area contributed by atoms with Gasteiger partial charge in [-0.2, -0.15) is 0 Å². The van der Waals surface area contributed by atoms with Gasteiger partial charge in [0.2, 0.25) is 0 Å². The lowest BCUT2D eigenvalue weighted by Gasteiger charge is -2.08. The minimum atomic E-state index is -0.185. The van der Waals surface area contributed by atoms with Gasteiger partial charge in [-0.15, -0.1) is 31.5 Å². The first-order valence-electron chi connectivity index (χ1n) is 7.37. The predicted molar refractivity (Wildman–Crippen MR) is 95.0 cm³/mol. The fraction of sp³-hybridized carbons (Fsp3) is 0.929. The third-order valence-electron chi connectivity index (χ3n) is 2.81. The van der Waals surface area contributed by atoms with Crippen LogP contribution in [-0.4, -0.2) is 29.9 Å². The zero-order valence-corrected chi connectivity index (χ0v) is 16.0. The summed E-state index contributed by atoms with van der Waals surface area (Å²) in [5.74, 6) is 1.86. The first-order valence-corrected chi connectivity index (χ1v) is 9.20. The molecule has 0 atom stereocenters. The first kappa shape index (κ1) is 21.8. The van der Waals surface area contributed by atoms with Crippen LogP contribution < -0.4 is 0 Å². The van der Waals surface area contributed by atoms with Gasteiger partial charge < -0.3 is 4.90 Å². The molecule has 0 aromatic carbocycles. The highest BCUT2D eigenvalue weighted by atomic mass is 79.9. The smallest absolute Gasteiger partial charge is 0.309 e. The number of nitriles is 1. The van der Waals surface area contributed by atoms with Crippen LogP contribution in [0.1, 0.15) is 64.7 Å². The van der Waals surface area contributed by atoms with Crippen LogP contribution in [0.3, 0.4) is 0 Å². The Morgan fingerprint density at radius 1 is 0.895 bits per heavy atom. The summed E-state index contributed by atoms with van der Waals surface area (Å²) in [6, 6.07) is 0. The third-order valence-corrected chi connectivity index (χ3v) is 3.22. The zero-order chi connectivity index (χ0) is 14.9. The largest absolute Gasteiger partial charge is 0.413 e. The van der Waals surface area contributed by atoms with E-state index in [0.717, 1.165) is 0 Å². The maximum atomic E-state index is 7.80. The molecule has 0 aliphatic heterocycles. The van der Waals surface area contributed by atoms with Crippen LogP contribution in [-0.2, 0) is 0 Å². The summed E-state index contributed by atoms with van der Waals surface area (Å²) >= 11 is 5.86. The lowest BCUT2D eigenvalue weighted by Crippen LogP contribution is -2.12. The molecular formula is C14H29BBr2N2. The molecule has 0 amide bonds. The van der Waals surface area contributed by atoms with Gasteiger partial charge in [-0.25, -0.2) is 5.26 Å². The van der Waals surface area contributed by atoms with E-state index in [-0.39, 0.29) is 4.36 Å². The van der Waals surface area contributed by atoms with E-state index in [0.29, 0.717) is 0 Å². The minimum absolute atomic E-state index is 0.185. The highest BCUT2D eigenvalue weighted by Gasteiger charge is 1.95. The normalized spacial score (nSPS) is 9.74. The van der Waals surface area contributed by atoms with Crippen LogP contribution in [0.5, 0.6) is 0 Å². The van der Waals surface area contributed by atoms with Gasteiger partial charge in [0.15, 0.2) is 0 Å². The summed E-state index contributed by atoms with van der Waals surface area (Å²) in [5.41, 5.74) is 0. The molecule has 0 saturated carbocycles. The predicted octanol–water partition coefficient (Wildman–Crippen LogP) is 5.41. The molecule has 0 N–H and O–H groups in total. The molecule has 0 saturated heterocycles. The summed E-state index contributed by atoms with van der Waals surface area (Å²) in [5, 5.41) is 7.80. The minimum Gasteiger partial charge on any atom is -0.309 e. The number of hydrogen-bond donors (Lipinski definition) is 0. The first-order chi connectivity index (χ1) is 9.04. The molecule has 0 aliphatic rings. The van der Waals surface area contributed by atoms with E-state index in [1.807, 2.05) is 5.97 Å². The van der Waals surface area contributed by atoms with E-state index in [9.17, 15) is 0 Å². The van der Waals surface area contributed by atoms with Gasteiger partial charge >= 0.3 is 4.36 Å². The van der Waals surface area contributed by atoms with Crippen molar-refractivity contribution in [2.75, 3.05) is 20.6 Å². The number of nitrogens with zero attached hydrogens (tertiary/aromatic N) is 2. The van der Waals surface area contributed by atoms with Crippen LogP contribution in [0.25, 0.3) is 0 Å². The molecular weight excluding hydrogens is 367 g/mol. The molecule has 0 unspecified atom stereocenters. The van der Waals surface area contributed by atoms with Crippen molar-refractivity contribution in [1.29, 1.82) is 5.26 Å². The van der Waals surface area contributed by atoms with Crippen LogP contribution in [0.15, 0.2) is 0 Å². The molecule has 0 rings (SSSR count). The Kier molecular flexibility index (Phi) is 21.2. The van der Waals surface area contributed by atoms with E-state index < -0.39 is 0 Å². The van der Waals surface area contributed by atoms with E-state index in [1.54, 1.807) is 0 Å². The second-order valence-corrected chi connectivity index (χ2v) is 8.12. The summed E-state index contributed by atoms with van der Waals surface area (Å²) in [6.07, 6.45) is 12.9. The standard InChI is InChI=1S/C13H29N.CBBr2N/c1-4-5-6-7-8-9-10-11-12-13-14(2)3;3-2(4)1-5/h4-13H2,1-3H3;. The molecule has 0 aromatic rings. The Bertz CT molecular complexity index is 206. The molecule has 0 aliphatic carbocycles. The van der Waals surface area contributed by atoms with Crippen molar-refractivity contribution in [1.82, 2.24) is 4.90 Å². The van der Waals surface area contributed by atoms with Crippen molar-refractivity contribution in [2.24, 2.45) is 0 Å². The van der Waals surface area contributed by atoms with Crippen LogP contribution >= 0.6 is 31.5 Å². The van der Waals surface area contributed by atoms with Gasteiger partial charge in [0.25, 0.3) is 0 Å². The average Bonchev–Trinajstić information content (AvgIpc) is 2.37. The topological polar surface area (TPSA) is 27.0 Å². The quantitative estimate of drug-likeness (QED) is 0.365. The molecule has 0 spiro atoms. The summed E-state index contributed by atoms with van der Waals surface area (Å²) in [6.45, 7) is 3.54. The summed E-state index contributed by atoms with van der Waals surface area (Å²) in [7, 11) is 4.31. The fourth-order valence-corrected chi connectivity index (χ4v) is 1.74. The van der Waals surface area contributed by atoms with E-state index in [4.69, 9.17) is 5.26 Å². The van der Waals surface area contributed by atoms with Crippen LogP contribution in [0, 0.1) is 11.2 Å². The van der Waals surface area contributed by atoms with Crippen molar-refractivity contribution in [3.8, 4) is 5.97 Å². The van der Waals surface area contributed by atoms with E-state index in [1.165, 1.54) is 64.3 Å². The average molecular weight is 396 g/mol. The molecule has 0 radical (unpaired) electrons. The Hall–Kier alpha value is 0.475. The zero-order valence-electron chi connectivity index (χ0n) is 12.8. The highest BCUT2D eigenvalue weighted by molar-refractivity contribution is 9.49. The lowest BCUT2D eigenvalue weighted by molar-refractivity contribution is 0.389. The second-order valence-electron chi connectivity index (χ2n) is 5.06. The molecule has 2 nitrogen and oxygen atoms in total. The van der Waals surface area contributed by atoms with Crippen molar-refractivity contribution in [3.63, 3.8) is 0 Å². The molecule has 5 heteroatoms. The van der Waals surface area contributed by atoms with Crippen molar-refractivity contribution in [2.45, 2.75) is 64.7 Å². The second kappa shape index (κ2) is 18.5. The van der Waals surface area contributed by atoms with Gasteiger partial charge in [0, 0.05) is 5.97 Å². The number of hydrogen-bond acceptors (Lipinski definition) is 2. The monoisotopic (exact) mass is 394 g/mol. The fourth-order valence-electron chi connectivity index (χ4n) is 1.74. The molecule has 19 heavy (non-hydrogen) atoms. The van der Waals surface area contributed by atoms with Gasteiger partial charge in [-0.1, -0.05) is 58.3 Å². The maximum absolute atomic E-state index is 7.80. The molecule has 0 aromatic heterocycles. The van der Waals surface area contributed by atoms with E-state index in [2.05, 4.69) is 57.4 Å². The van der Waals surface area contributed by atoms with Crippen LogP contribution in [0.4, 0.5) is 0 Å². The summed E-state index contributed by atoms with van der Waals surface area (Å²) in [4.78, 5) is 2.28. The number of unbranched alkanes of at least 4 members (excludes halogenated alkanes) is 8. The summed E-state index contributed by atoms with van der Waals surface area (Å²) < 4.78 is -0.185. The Labute approximate surface area is 137 Å². The van der Waals surface area contributed by atoms with Gasteiger partial charge in [-0.05, 0) is 27.1 Å². The Morgan fingerprint density at radius 2 is 1.26 bits per heavy atom. The highest BCUT2D eigenvalue weighted by Crippen LogP contribution is 2.09. The third kappa shape index (κ3) is 27.6. The van der Waals surface area contributed by atoms with Crippen LogP contribution in [0.2, 0.25) is 0 Å². The maximum Gasteiger partial charge on any atom is 0.413 e. The van der Waals surface area contributed by atoms with Gasteiger partial charge in [-0.3, -0.25) is 0 Å². The molecule has 0 heterocycles. The lowest BCUT2D eigenvalue weighted by atomic mass is 10.1. The Balaban J connectivity index is 0. The molecule has 0 bridgehead atoms. The van der Waals surface area contributed by atoms with Crippen molar-refractivity contribution in [3.05, 3.63) is 0 Å². The van der Waals surface area contributed by atoms with Gasteiger partial charge in [0.1, 0.15) is 0 Å². The molecule has 112 valence electrons. The van der Waals surface area contributed by atoms with Gasteiger partial charge in [0.05, 0.1) is 0 Å². The molecule has 0 fully saturated rings. The van der Waals surface area contributed by atoms with Crippen molar-refractivity contribution < 1.29 is 0 Å². The SMILES string of the molecule is CCCCCCCCCCCN(C)C.N#CB(Br)Br. The van der Waals surface area contributed by atoms with Crippen molar-refractivity contribution >= 4 is 35.9 Å². The number of rotatable bonds is 10.